The first-order chi connectivity index (χ1) is 21.3. The second kappa shape index (κ2) is 12.5. The Morgan fingerprint density at radius 3 is 1.37 bits per heavy atom. The van der Waals surface area contributed by atoms with E-state index in [4.69, 9.17) is 40.9 Å². The second-order valence-corrected chi connectivity index (χ2v) is 16.7. The van der Waals surface area contributed by atoms with Crippen LogP contribution in [0.2, 0.25) is 0 Å². The molecule has 4 nitrogen and oxygen atoms in total. The van der Waals surface area contributed by atoms with Gasteiger partial charge in [-0.2, -0.15) is 0 Å². The van der Waals surface area contributed by atoms with E-state index in [9.17, 15) is 0 Å². The number of rotatable bonds is 5. The lowest BCUT2D eigenvalue weighted by atomic mass is 9.83. The van der Waals surface area contributed by atoms with Crippen LogP contribution in [0.4, 0.5) is 0 Å². The molecule has 0 unspecified atom stereocenters. The maximum atomic E-state index is 6.95. The minimum Gasteiger partial charge on any atom is -0.460 e. The fourth-order valence-electron chi connectivity index (χ4n) is 6.21. The number of hydrogen-bond donors (Lipinski definition) is 0. The molecule has 5 aromatic rings. The van der Waals surface area contributed by atoms with Crippen molar-refractivity contribution in [3.05, 3.63) is 93.0 Å². The Kier molecular flexibility index (Phi) is 9.34. The maximum Gasteiger partial charge on any atom is 0.453 e. The van der Waals surface area contributed by atoms with E-state index in [0.29, 0.717) is 11.5 Å². The number of aryl methyl sites for hydroxylation is 6. The standard InChI is InChI=1S/C39H45Cl2O4P/c1-21-13-25(5)33(42-37(40)41)27(15-21)28-16-22(2)14-26(6)34(28)43-46-44-35-29(17-23(3)19-31(35)38(7,8)9)30-18-24(4)20-32(36(30)45-46)39(10,11)12/h13-20,37H,1-12H3. The minimum absolute atomic E-state index is 0.186. The summed E-state index contributed by atoms with van der Waals surface area (Å²) in [5.74, 6) is 1.27. The molecule has 0 saturated heterocycles. The SMILES string of the molecule is Cc1cc(C)c(OC(Cl)Cl)c(-c2cc(C)cc(C)c2Op2oc3c(C(C)(C)C)cc(C)cc3c3cc(C)cc(C(C)(C)C)c3o2)c1. The van der Waals surface area contributed by atoms with Crippen LogP contribution in [0.25, 0.3) is 33.1 Å². The normalized spacial score (nSPS) is 12.3. The van der Waals surface area contributed by atoms with E-state index in [0.717, 1.165) is 66.4 Å². The van der Waals surface area contributed by atoms with E-state index < -0.39 is 13.3 Å². The average molecular weight is 680 g/mol. The molecule has 46 heavy (non-hydrogen) atoms. The van der Waals surface area contributed by atoms with Gasteiger partial charge in [0.25, 0.3) is 0 Å². The van der Waals surface area contributed by atoms with Gasteiger partial charge in [0.1, 0.15) is 22.7 Å². The summed E-state index contributed by atoms with van der Waals surface area (Å²) in [5.41, 5.74) is 11.5. The van der Waals surface area contributed by atoms with Gasteiger partial charge in [-0.25, -0.2) is 0 Å². The highest BCUT2D eigenvalue weighted by Gasteiger charge is 2.26. The number of fused-ring (bicyclic) bond motifs is 3. The summed E-state index contributed by atoms with van der Waals surface area (Å²) >= 11 is 12.3. The Hall–Kier alpha value is -3.04. The van der Waals surface area contributed by atoms with Gasteiger partial charge in [-0.1, -0.05) is 89.0 Å². The highest BCUT2D eigenvalue weighted by atomic mass is 35.5. The molecule has 244 valence electrons. The van der Waals surface area contributed by atoms with E-state index >= 15 is 0 Å². The van der Waals surface area contributed by atoms with Crippen molar-refractivity contribution < 1.29 is 17.7 Å². The predicted octanol–water partition coefficient (Wildman–Crippen LogP) is 13.4. The minimum atomic E-state index is -1.96. The molecule has 0 aliphatic rings. The van der Waals surface area contributed by atoms with E-state index in [2.05, 4.69) is 118 Å². The third-order valence-corrected chi connectivity index (χ3v) is 9.38. The second-order valence-electron chi connectivity index (χ2n) is 14.7. The van der Waals surface area contributed by atoms with E-state index in [-0.39, 0.29) is 10.8 Å². The number of alkyl halides is 2. The van der Waals surface area contributed by atoms with Gasteiger partial charge in [0.05, 0.1) is 0 Å². The van der Waals surface area contributed by atoms with E-state index in [1.165, 1.54) is 11.1 Å². The van der Waals surface area contributed by atoms with Crippen LogP contribution in [0.1, 0.15) is 86.1 Å². The molecule has 0 spiro atoms. The van der Waals surface area contributed by atoms with Crippen molar-refractivity contribution in [1.29, 1.82) is 0 Å². The lowest BCUT2D eigenvalue weighted by molar-refractivity contribution is 0.353. The first kappa shape index (κ1) is 34.3. The molecule has 7 heteroatoms. The van der Waals surface area contributed by atoms with Crippen molar-refractivity contribution in [2.24, 2.45) is 0 Å². The van der Waals surface area contributed by atoms with Gasteiger partial charge >= 0.3 is 8.24 Å². The molecule has 0 aliphatic heterocycles. The van der Waals surface area contributed by atoms with Gasteiger partial charge in [0.15, 0.2) is 0 Å². The number of halogens is 2. The Morgan fingerprint density at radius 2 is 0.957 bits per heavy atom. The first-order valence-corrected chi connectivity index (χ1v) is 17.6. The average Bonchev–Trinajstić information content (AvgIpc) is 3.05. The lowest BCUT2D eigenvalue weighted by Crippen LogP contribution is -2.12. The van der Waals surface area contributed by atoms with Crippen LogP contribution in [0.15, 0.2) is 56.9 Å². The molecule has 0 N–H and O–H groups in total. The Morgan fingerprint density at radius 1 is 0.565 bits per heavy atom. The van der Waals surface area contributed by atoms with E-state index in [1.54, 1.807) is 0 Å². The van der Waals surface area contributed by atoms with Crippen molar-refractivity contribution in [2.75, 3.05) is 0 Å². The van der Waals surface area contributed by atoms with Gasteiger partial charge in [0, 0.05) is 33.0 Å². The van der Waals surface area contributed by atoms with Gasteiger partial charge < -0.3 is 17.7 Å². The summed E-state index contributed by atoms with van der Waals surface area (Å²) < 4.78 is 26.8. The van der Waals surface area contributed by atoms with Crippen molar-refractivity contribution >= 4 is 53.4 Å². The zero-order valence-electron chi connectivity index (χ0n) is 29.0. The van der Waals surface area contributed by atoms with Gasteiger partial charge in [-0.3, -0.25) is 0 Å². The van der Waals surface area contributed by atoms with Gasteiger partial charge in [-0.05, 0) is 110 Å². The third-order valence-electron chi connectivity index (χ3n) is 8.21. The molecule has 0 saturated carbocycles. The van der Waals surface area contributed by atoms with Gasteiger partial charge in [0.2, 0.25) is 5.02 Å². The zero-order chi connectivity index (χ0) is 33.9. The summed E-state index contributed by atoms with van der Waals surface area (Å²) in [6.07, 6.45) is 0. The fourth-order valence-corrected chi connectivity index (χ4v) is 7.59. The largest absolute Gasteiger partial charge is 0.460 e. The number of hydrogen-bond acceptors (Lipinski definition) is 4. The van der Waals surface area contributed by atoms with Crippen LogP contribution in [0.5, 0.6) is 11.5 Å². The molecule has 0 aliphatic carbocycles. The Labute approximate surface area is 284 Å². The smallest absolute Gasteiger partial charge is 0.453 e. The molecule has 1 aromatic heterocycles. The van der Waals surface area contributed by atoms with Crippen LogP contribution >= 0.6 is 31.4 Å². The molecule has 4 aromatic carbocycles. The van der Waals surface area contributed by atoms with Crippen LogP contribution < -0.4 is 9.26 Å². The highest BCUT2D eigenvalue weighted by Crippen LogP contribution is 2.48. The predicted molar refractivity (Wildman–Crippen MR) is 196 cm³/mol. The summed E-state index contributed by atoms with van der Waals surface area (Å²) in [5, 5.41) is 1.01. The maximum absolute atomic E-state index is 6.95. The molecule has 5 rings (SSSR count). The third kappa shape index (κ3) is 6.96. The Balaban J connectivity index is 1.91. The molecular weight excluding hydrogens is 634 g/mol. The van der Waals surface area contributed by atoms with Crippen LogP contribution in [0.3, 0.4) is 0 Å². The monoisotopic (exact) mass is 678 g/mol. The van der Waals surface area contributed by atoms with Crippen LogP contribution in [-0.2, 0) is 10.8 Å². The highest BCUT2D eigenvalue weighted by molar-refractivity contribution is 7.32. The molecule has 0 radical (unpaired) electrons. The molecular formula is C39H45Cl2O4P. The van der Waals surface area contributed by atoms with E-state index in [1.807, 2.05) is 13.8 Å². The van der Waals surface area contributed by atoms with Crippen LogP contribution in [-0.4, -0.2) is 5.02 Å². The topological polar surface area (TPSA) is 44.7 Å². The quantitative estimate of drug-likeness (QED) is 0.173. The fraction of sp³-hybridized carbons (Fsp3) is 0.385. The molecule has 0 amide bonds. The van der Waals surface area contributed by atoms with Crippen molar-refractivity contribution in [1.82, 2.24) is 0 Å². The summed E-state index contributed by atoms with van der Waals surface area (Å²) in [6, 6.07) is 17.2. The molecule has 0 fully saturated rings. The van der Waals surface area contributed by atoms with Crippen molar-refractivity contribution in [2.45, 2.75) is 98.9 Å². The summed E-state index contributed by atoms with van der Waals surface area (Å²) in [4.78, 5) is 0. The van der Waals surface area contributed by atoms with Crippen LogP contribution in [0, 0.1) is 41.5 Å². The van der Waals surface area contributed by atoms with Gasteiger partial charge in [-0.15, -0.1) is 0 Å². The summed E-state index contributed by atoms with van der Waals surface area (Å²) in [7, 11) is -1.96. The molecule has 1 heterocycles. The summed E-state index contributed by atoms with van der Waals surface area (Å²) in [6.45, 7) is 25.7. The first-order valence-electron chi connectivity index (χ1n) is 15.7. The number of benzene rings is 4. The van der Waals surface area contributed by atoms with Crippen molar-refractivity contribution in [3.8, 4) is 22.6 Å². The molecule has 0 atom stereocenters. The molecule has 0 bridgehead atoms. The number of ether oxygens (including phenoxy) is 1. The Bertz CT molecular complexity index is 1930. The zero-order valence-corrected chi connectivity index (χ0v) is 31.4. The van der Waals surface area contributed by atoms with Crippen molar-refractivity contribution in [3.63, 3.8) is 0 Å². The lowest BCUT2D eigenvalue weighted by Gasteiger charge is -2.21.